The topological polar surface area (TPSA) is 85.1 Å². The van der Waals surface area contributed by atoms with Gasteiger partial charge in [0.15, 0.2) is 9.34 Å². The number of anilines is 1. The Morgan fingerprint density at radius 1 is 1.35 bits per heavy atom. The zero-order chi connectivity index (χ0) is 14.9. The Balaban J connectivity index is 2.24. The Bertz CT molecular complexity index is 711. The van der Waals surface area contributed by atoms with Crippen molar-refractivity contribution in [2.45, 2.75) is 24.1 Å². The number of hydrogen-bond donors (Lipinski definition) is 2. The van der Waals surface area contributed by atoms with E-state index < -0.39 is 16.1 Å². The molecule has 0 radical (unpaired) electrons. The van der Waals surface area contributed by atoms with Crippen molar-refractivity contribution in [1.29, 1.82) is 0 Å². The minimum absolute atomic E-state index is 0.101. The number of nitrogen functional groups attached to an aromatic ring is 1. The predicted molar refractivity (Wildman–Crippen MR) is 76.4 cm³/mol. The number of nitrogens with one attached hydrogen (secondary N) is 1. The summed E-state index contributed by atoms with van der Waals surface area (Å²) in [6.45, 7) is 3.27. The minimum Gasteiger partial charge on any atom is -0.375 e. The summed E-state index contributed by atoms with van der Waals surface area (Å²) in [5.74, 6) is -0.366. The number of sulfonamides is 1. The summed E-state index contributed by atoms with van der Waals surface area (Å²) < 4.78 is 40.0. The molecule has 0 aliphatic rings. The van der Waals surface area contributed by atoms with Gasteiger partial charge in [-0.15, -0.1) is 0 Å². The maximum absolute atomic E-state index is 12.8. The number of thiazole rings is 1. The van der Waals surface area contributed by atoms with Gasteiger partial charge >= 0.3 is 0 Å². The van der Waals surface area contributed by atoms with Gasteiger partial charge in [-0.05, 0) is 31.5 Å². The van der Waals surface area contributed by atoms with E-state index in [4.69, 9.17) is 5.73 Å². The first kappa shape index (κ1) is 14.9. The molecule has 0 amide bonds. The van der Waals surface area contributed by atoms with E-state index in [2.05, 4.69) is 9.71 Å². The number of hydrogen-bond acceptors (Lipinski definition) is 5. The molecule has 1 aromatic carbocycles. The summed E-state index contributed by atoms with van der Waals surface area (Å²) in [6.07, 6.45) is 0. The normalized spacial score (nSPS) is 13.3. The molecule has 1 aromatic heterocycles. The average Bonchev–Trinajstić information content (AvgIpc) is 2.69. The Morgan fingerprint density at radius 2 is 1.95 bits per heavy atom. The minimum atomic E-state index is -3.70. The first-order chi connectivity index (χ1) is 9.29. The van der Waals surface area contributed by atoms with Crippen LogP contribution in [0.3, 0.4) is 0 Å². The van der Waals surface area contributed by atoms with Crippen LogP contribution in [0.5, 0.6) is 0 Å². The summed E-state index contributed by atoms with van der Waals surface area (Å²) in [5, 5.41) is 0.206. The second-order valence-electron chi connectivity index (χ2n) is 4.32. The van der Waals surface area contributed by atoms with Gasteiger partial charge < -0.3 is 5.73 Å². The number of aromatic nitrogens is 1. The monoisotopic (exact) mass is 315 g/mol. The third-order valence-electron chi connectivity index (χ3n) is 2.72. The summed E-state index contributed by atoms with van der Waals surface area (Å²) >= 11 is 0.917. The van der Waals surface area contributed by atoms with Crippen LogP contribution in [0.25, 0.3) is 0 Å². The van der Waals surface area contributed by atoms with Gasteiger partial charge in [-0.25, -0.2) is 22.5 Å². The van der Waals surface area contributed by atoms with Crippen molar-refractivity contribution >= 4 is 26.5 Å². The number of nitrogens with two attached hydrogens (primary N) is 1. The molecule has 20 heavy (non-hydrogen) atoms. The Morgan fingerprint density at radius 3 is 2.45 bits per heavy atom. The van der Waals surface area contributed by atoms with E-state index in [1.54, 1.807) is 13.8 Å². The lowest BCUT2D eigenvalue weighted by Crippen LogP contribution is -2.26. The van der Waals surface area contributed by atoms with Gasteiger partial charge in [-0.1, -0.05) is 23.5 Å². The molecular formula is C12H14FN3O2S2. The SMILES string of the molecule is Cc1nc(N)sc1S(=O)(=O)NC(C)c1ccc(F)cc1. The molecule has 2 aromatic rings. The summed E-state index contributed by atoms with van der Waals surface area (Å²) in [5.41, 5.74) is 6.55. The molecular weight excluding hydrogens is 301 g/mol. The highest BCUT2D eigenvalue weighted by Crippen LogP contribution is 2.26. The van der Waals surface area contributed by atoms with Crippen LogP contribution in [-0.2, 0) is 10.0 Å². The largest absolute Gasteiger partial charge is 0.375 e. The second-order valence-corrected chi connectivity index (χ2v) is 7.26. The van der Waals surface area contributed by atoms with Crippen molar-refractivity contribution in [3.8, 4) is 0 Å². The van der Waals surface area contributed by atoms with Crippen molar-refractivity contribution in [1.82, 2.24) is 9.71 Å². The van der Waals surface area contributed by atoms with E-state index in [9.17, 15) is 12.8 Å². The zero-order valence-corrected chi connectivity index (χ0v) is 12.6. The molecule has 0 fully saturated rings. The Hall–Kier alpha value is -1.51. The molecule has 0 aliphatic carbocycles. The van der Waals surface area contributed by atoms with Crippen LogP contribution in [0.4, 0.5) is 9.52 Å². The van der Waals surface area contributed by atoms with Gasteiger partial charge in [0.2, 0.25) is 0 Å². The fraction of sp³-hybridized carbons (Fsp3) is 0.250. The van der Waals surface area contributed by atoms with Gasteiger partial charge in [0.1, 0.15) is 5.82 Å². The molecule has 0 saturated carbocycles. The third-order valence-corrected chi connectivity index (χ3v) is 5.85. The lowest BCUT2D eigenvalue weighted by atomic mass is 10.1. The van der Waals surface area contributed by atoms with E-state index in [0.29, 0.717) is 11.3 Å². The summed E-state index contributed by atoms with van der Waals surface area (Å²) in [6, 6.07) is 5.17. The van der Waals surface area contributed by atoms with E-state index in [1.165, 1.54) is 24.3 Å². The van der Waals surface area contributed by atoms with E-state index >= 15 is 0 Å². The maximum Gasteiger partial charge on any atom is 0.252 e. The van der Waals surface area contributed by atoms with Crippen LogP contribution < -0.4 is 10.5 Å². The number of nitrogens with zero attached hydrogens (tertiary/aromatic N) is 1. The predicted octanol–water partition coefficient (Wildman–Crippen LogP) is 2.21. The molecule has 1 unspecified atom stereocenters. The molecule has 0 aliphatic heterocycles. The average molecular weight is 315 g/mol. The zero-order valence-electron chi connectivity index (χ0n) is 10.9. The molecule has 5 nitrogen and oxygen atoms in total. The lowest BCUT2D eigenvalue weighted by Gasteiger charge is -2.14. The molecule has 2 rings (SSSR count). The standard InChI is InChI=1S/C12H14FN3O2S2/c1-7(9-3-5-10(13)6-4-9)16-20(17,18)11-8(2)15-12(14)19-11/h3-7,16H,1-2H3,(H2,14,15). The van der Waals surface area contributed by atoms with E-state index in [0.717, 1.165) is 11.3 Å². The molecule has 0 saturated heterocycles. The summed E-state index contributed by atoms with van der Waals surface area (Å²) in [7, 11) is -3.70. The van der Waals surface area contributed by atoms with Gasteiger partial charge in [-0.2, -0.15) is 0 Å². The van der Waals surface area contributed by atoms with Crippen molar-refractivity contribution in [3.63, 3.8) is 0 Å². The highest BCUT2D eigenvalue weighted by Gasteiger charge is 2.23. The fourth-order valence-electron chi connectivity index (χ4n) is 1.76. The van der Waals surface area contributed by atoms with E-state index in [-0.39, 0.29) is 15.2 Å². The van der Waals surface area contributed by atoms with Crippen molar-refractivity contribution in [3.05, 3.63) is 41.3 Å². The van der Waals surface area contributed by atoms with E-state index in [1.807, 2.05) is 0 Å². The van der Waals surface area contributed by atoms with Crippen molar-refractivity contribution < 1.29 is 12.8 Å². The van der Waals surface area contributed by atoms with Crippen molar-refractivity contribution in [2.24, 2.45) is 0 Å². The molecule has 8 heteroatoms. The Kier molecular flexibility index (Phi) is 4.07. The highest BCUT2D eigenvalue weighted by atomic mass is 32.2. The van der Waals surface area contributed by atoms with Crippen LogP contribution in [-0.4, -0.2) is 13.4 Å². The Labute approximate surface area is 120 Å². The molecule has 108 valence electrons. The van der Waals surface area contributed by atoms with Crippen molar-refractivity contribution in [2.75, 3.05) is 5.73 Å². The van der Waals surface area contributed by atoms with Crippen LogP contribution in [0.2, 0.25) is 0 Å². The van der Waals surface area contributed by atoms with Gasteiger partial charge in [0.25, 0.3) is 10.0 Å². The third kappa shape index (κ3) is 3.14. The van der Waals surface area contributed by atoms with Gasteiger partial charge in [0.05, 0.1) is 5.69 Å². The first-order valence-corrected chi connectivity index (χ1v) is 8.10. The van der Waals surface area contributed by atoms with Crippen LogP contribution in [0.15, 0.2) is 28.5 Å². The molecule has 3 N–H and O–H groups in total. The highest BCUT2D eigenvalue weighted by molar-refractivity contribution is 7.91. The first-order valence-electron chi connectivity index (χ1n) is 5.80. The number of rotatable bonds is 4. The number of halogens is 1. The fourth-order valence-corrected chi connectivity index (χ4v) is 4.31. The molecule has 0 spiro atoms. The molecule has 0 bridgehead atoms. The van der Waals surface area contributed by atoms with Crippen LogP contribution >= 0.6 is 11.3 Å². The van der Waals surface area contributed by atoms with Crippen LogP contribution in [0.1, 0.15) is 24.2 Å². The van der Waals surface area contributed by atoms with Gasteiger partial charge in [0, 0.05) is 6.04 Å². The molecule has 1 atom stereocenters. The molecule has 1 heterocycles. The number of aryl methyl sites for hydroxylation is 1. The number of benzene rings is 1. The van der Waals surface area contributed by atoms with Gasteiger partial charge in [-0.3, -0.25) is 0 Å². The smallest absolute Gasteiger partial charge is 0.252 e. The van der Waals surface area contributed by atoms with Crippen LogP contribution in [0, 0.1) is 12.7 Å². The quantitative estimate of drug-likeness (QED) is 0.906. The maximum atomic E-state index is 12.8. The summed E-state index contributed by atoms with van der Waals surface area (Å²) in [4.78, 5) is 3.90. The second kappa shape index (κ2) is 5.47. The lowest BCUT2D eigenvalue weighted by molar-refractivity contribution is 0.567.